The zero-order valence-electron chi connectivity index (χ0n) is 5.75. The van der Waals surface area contributed by atoms with Gasteiger partial charge in [0.1, 0.15) is 0 Å². The number of hydrogen-bond acceptors (Lipinski definition) is 1. The molecule has 0 saturated heterocycles. The number of nitrogens with two attached hydrogens (primary N) is 1. The van der Waals surface area contributed by atoms with Crippen LogP contribution in [0, 0.1) is 0 Å². The van der Waals surface area contributed by atoms with Gasteiger partial charge in [-0.15, -0.1) is 0 Å². The average molecular weight is 155 g/mol. The summed E-state index contributed by atoms with van der Waals surface area (Å²) >= 11 is 0. The fourth-order valence-electron chi connectivity index (χ4n) is 0.647. The molecule has 0 aliphatic rings. The van der Waals surface area contributed by atoms with Gasteiger partial charge in [0.05, 0.1) is 0 Å². The lowest BCUT2D eigenvalue weighted by molar-refractivity contribution is -0.135. The predicted octanol–water partition coefficient (Wildman–Crippen LogP) is 2.07. The molecule has 0 aliphatic carbocycles. The lowest BCUT2D eigenvalue weighted by atomic mass is 10.2. The molecule has 0 fully saturated rings. The molecule has 0 aliphatic heterocycles. The molecule has 0 aromatic rings. The Kier molecular flexibility index (Phi) is 4.43. The van der Waals surface area contributed by atoms with Crippen molar-refractivity contribution < 1.29 is 13.2 Å². The Bertz CT molecular complexity index is 79.6. The van der Waals surface area contributed by atoms with E-state index >= 15 is 0 Å². The lowest BCUT2D eigenvalue weighted by Crippen LogP contribution is -2.07. The van der Waals surface area contributed by atoms with Gasteiger partial charge in [-0.1, -0.05) is 6.42 Å². The van der Waals surface area contributed by atoms with Crippen molar-refractivity contribution in [1.82, 2.24) is 0 Å². The second-order valence-corrected chi connectivity index (χ2v) is 2.21. The molecule has 0 unspecified atom stereocenters. The van der Waals surface area contributed by atoms with E-state index in [1.54, 1.807) is 0 Å². The highest BCUT2D eigenvalue weighted by molar-refractivity contribution is 4.51. The molecule has 1 nitrogen and oxygen atoms in total. The standard InChI is InChI=1S/C6H12F3N/c7-6(8,9)4-2-1-3-5-10/h1-5,10H2. The molecule has 0 saturated carbocycles. The van der Waals surface area contributed by atoms with Gasteiger partial charge in [0.15, 0.2) is 0 Å². The predicted molar refractivity (Wildman–Crippen MR) is 33.6 cm³/mol. The van der Waals surface area contributed by atoms with Crippen molar-refractivity contribution in [3.05, 3.63) is 0 Å². The van der Waals surface area contributed by atoms with Crippen LogP contribution in [0.2, 0.25) is 0 Å². The average Bonchev–Trinajstić information content (AvgIpc) is 1.78. The fourth-order valence-corrected chi connectivity index (χ4v) is 0.647. The van der Waals surface area contributed by atoms with Crippen LogP contribution in [0.5, 0.6) is 0 Å². The summed E-state index contributed by atoms with van der Waals surface area (Å²) in [6.07, 6.45) is -3.19. The van der Waals surface area contributed by atoms with Gasteiger partial charge in [0.2, 0.25) is 0 Å². The molecular formula is C6H12F3N. The van der Waals surface area contributed by atoms with Gasteiger partial charge in [-0.05, 0) is 19.4 Å². The topological polar surface area (TPSA) is 26.0 Å². The highest BCUT2D eigenvalue weighted by atomic mass is 19.4. The lowest BCUT2D eigenvalue weighted by Gasteiger charge is -2.03. The van der Waals surface area contributed by atoms with E-state index in [1.807, 2.05) is 0 Å². The van der Waals surface area contributed by atoms with Crippen LogP contribution in [0.4, 0.5) is 13.2 Å². The summed E-state index contributed by atoms with van der Waals surface area (Å²) in [5, 5.41) is 0. The van der Waals surface area contributed by atoms with Crippen LogP contribution < -0.4 is 5.73 Å². The molecule has 0 aromatic heterocycles. The number of alkyl halides is 3. The van der Waals surface area contributed by atoms with Crippen LogP contribution >= 0.6 is 0 Å². The van der Waals surface area contributed by atoms with Gasteiger partial charge in [-0.25, -0.2) is 0 Å². The van der Waals surface area contributed by atoms with Crippen molar-refractivity contribution in [3.63, 3.8) is 0 Å². The summed E-state index contributed by atoms with van der Waals surface area (Å²) in [6, 6.07) is 0. The minimum atomic E-state index is -3.99. The zero-order chi connectivity index (χ0) is 8.04. The molecule has 2 N–H and O–H groups in total. The smallest absolute Gasteiger partial charge is 0.330 e. The van der Waals surface area contributed by atoms with Gasteiger partial charge in [-0.3, -0.25) is 0 Å². The minimum absolute atomic E-state index is 0.209. The normalized spacial score (nSPS) is 12.0. The maximum atomic E-state index is 11.5. The maximum absolute atomic E-state index is 11.5. The van der Waals surface area contributed by atoms with E-state index in [0.29, 0.717) is 19.4 Å². The van der Waals surface area contributed by atoms with E-state index in [1.165, 1.54) is 0 Å². The first kappa shape index (κ1) is 9.75. The quantitative estimate of drug-likeness (QED) is 0.618. The summed E-state index contributed by atoms with van der Waals surface area (Å²) in [4.78, 5) is 0. The Hall–Kier alpha value is -0.250. The monoisotopic (exact) mass is 155 g/mol. The molecule has 10 heavy (non-hydrogen) atoms. The Labute approximate surface area is 58.4 Å². The second-order valence-electron chi connectivity index (χ2n) is 2.21. The third-order valence-electron chi connectivity index (χ3n) is 1.16. The molecule has 0 bridgehead atoms. The van der Waals surface area contributed by atoms with E-state index in [0.717, 1.165) is 0 Å². The van der Waals surface area contributed by atoms with E-state index in [-0.39, 0.29) is 6.42 Å². The minimum Gasteiger partial charge on any atom is -0.330 e. The van der Waals surface area contributed by atoms with Gasteiger partial charge in [0.25, 0.3) is 0 Å². The number of rotatable bonds is 4. The van der Waals surface area contributed by atoms with Crippen molar-refractivity contribution in [1.29, 1.82) is 0 Å². The van der Waals surface area contributed by atoms with E-state index < -0.39 is 12.6 Å². The van der Waals surface area contributed by atoms with Crippen LogP contribution in [0.1, 0.15) is 25.7 Å². The molecule has 0 spiro atoms. The zero-order valence-corrected chi connectivity index (χ0v) is 5.75. The Balaban J connectivity index is 3.04. The van der Waals surface area contributed by atoms with Crippen molar-refractivity contribution in [2.75, 3.05) is 6.54 Å². The molecule has 0 rings (SSSR count). The molecule has 0 heterocycles. The third-order valence-corrected chi connectivity index (χ3v) is 1.16. The highest BCUT2D eigenvalue weighted by Crippen LogP contribution is 2.22. The fraction of sp³-hybridized carbons (Fsp3) is 1.00. The van der Waals surface area contributed by atoms with Crippen LogP contribution in [0.15, 0.2) is 0 Å². The van der Waals surface area contributed by atoms with E-state index in [2.05, 4.69) is 0 Å². The van der Waals surface area contributed by atoms with Crippen molar-refractivity contribution >= 4 is 0 Å². The van der Waals surface area contributed by atoms with Crippen molar-refractivity contribution in [2.24, 2.45) is 5.73 Å². The summed E-state index contributed by atoms with van der Waals surface area (Å²) in [6.45, 7) is 0.484. The summed E-state index contributed by atoms with van der Waals surface area (Å²) in [5.41, 5.74) is 5.10. The van der Waals surface area contributed by atoms with E-state index in [4.69, 9.17) is 5.73 Å². The van der Waals surface area contributed by atoms with Crippen LogP contribution in [-0.4, -0.2) is 12.7 Å². The first-order valence-corrected chi connectivity index (χ1v) is 3.33. The van der Waals surface area contributed by atoms with Crippen molar-refractivity contribution in [2.45, 2.75) is 31.9 Å². The molecule has 0 aromatic carbocycles. The Morgan fingerprint density at radius 1 is 1.00 bits per heavy atom. The summed E-state index contributed by atoms with van der Waals surface area (Å²) < 4.78 is 34.4. The number of hydrogen-bond donors (Lipinski definition) is 1. The molecule has 0 atom stereocenters. The van der Waals surface area contributed by atoms with Crippen LogP contribution in [0.3, 0.4) is 0 Å². The van der Waals surface area contributed by atoms with Crippen LogP contribution in [-0.2, 0) is 0 Å². The van der Waals surface area contributed by atoms with Gasteiger partial charge >= 0.3 is 6.18 Å². The first-order valence-electron chi connectivity index (χ1n) is 3.33. The molecule has 62 valence electrons. The third kappa shape index (κ3) is 7.75. The van der Waals surface area contributed by atoms with Gasteiger partial charge in [-0.2, -0.15) is 13.2 Å². The number of unbranched alkanes of at least 4 members (excludes halogenated alkanes) is 2. The summed E-state index contributed by atoms with van der Waals surface area (Å²) in [7, 11) is 0. The Morgan fingerprint density at radius 2 is 1.60 bits per heavy atom. The SMILES string of the molecule is NCCCCCC(F)(F)F. The Morgan fingerprint density at radius 3 is 2.00 bits per heavy atom. The first-order chi connectivity index (χ1) is 4.56. The molecular weight excluding hydrogens is 143 g/mol. The summed E-state index contributed by atoms with van der Waals surface area (Å²) in [5.74, 6) is 0. The van der Waals surface area contributed by atoms with Gasteiger partial charge < -0.3 is 5.73 Å². The van der Waals surface area contributed by atoms with Gasteiger partial charge in [0, 0.05) is 6.42 Å². The maximum Gasteiger partial charge on any atom is 0.389 e. The second kappa shape index (κ2) is 4.55. The van der Waals surface area contributed by atoms with Crippen LogP contribution in [0.25, 0.3) is 0 Å². The van der Waals surface area contributed by atoms with Crippen molar-refractivity contribution in [3.8, 4) is 0 Å². The largest absolute Gasteiger partial charge is 0.389 e. The number of halogens is 3. The molecule has 0 radical (unpaired) electrons. The highest BCUT2D eigenvalue weighted by Gasteiger charge is 2.25. The molecule has 0 amide bonds. The van der Waals surface area contributed by atoms with E-state index in [9.17, 15) is 13.2 Å². The molecule has 4 heteroatoms.